The van der Waals surface area contributed by atoms with Gasteiger partial charge in [0.25, 0.3) is 0 Å². The SMILES string of the molecule is O=C(C/C=C/c1ccc(F)cc1)NC1CCC(CO)CC1. The Morgan fingerprint density at radius 2 is 1.90 bits per heavy atom. The summed E-state index contributed by atoms with van der Waals surface area (Å²) in [5, 5.41) is 12.1. The van der Waals surface area contributed by atoms with Gasteiger partial charge >= 0.3 is 0 Å². The number of hydrogen-bond donors (Lipinski definition) is 2. The number of aliphatic hydroxyl groups excluding tert-OH is 1. The molecule has 0 aliphatic heterocycles. The molecule has 0 unspecified atom stereocenters. The first-order chi connectivity index (χ1) is 10.2. The van der Waals surface area contributed by atoms with E-state index < -0.39 is 0 Å². The van der Waals surface area contributed by atoms with Gasteiger partial charge in [0, 0.05) is 19.1 Å². The van der Waals surface area contributed by atoms with E-state index in [1.807, 2.05) is 6.08 Å². The van der Waals surface area contributed by atoms with E-state index in [-0.39, 0.29) is 24.4 Å². The molecule has 2 rings (SSSR count). The third-order valence-electron chi connectivity index (χ3n) is 3.95. The van der Waals surface area contributed by atoms with E-state index in [2.05, 4.69) is 5.32 Å². The van der Waals surface area contributed by atoms with Crippen LogP contribution in [0.25, 0.3) is 6.08 Å². The minimum absolute atomic E-state index is 0.0146. The number of hydrogen-bond acceptors (Lipinski definition) is 2. The quantitative estimate of drug-likeness (QED) is 0.876. The molecule has 0 saturated heterocycles. The van der Waals surface area contributed by atoms with Gasteiger partial charge in [0.05, 0.1) is 0 Å². The molecular formula is C17H22FNO2. The number of carbonyl (C=O) groups excluding carboxylic acids is 1. The Hall–Kier alpha value is -1.68. The van der Waals surface area contributed by atoms with Crippen molar-refractivity contribution in [3.63, 3.8) is 0 Å². The second kappa shape index (κ2) is 7.93. The van der Waals surface area contributed by atoms with Gasteiger partial charge in [-0.1, -0.05) is 24.3 Å². The van der Waals surface area contributed by atoms with Gasteiger partial charge in [0.1, 0.15) is 5.82 Å². The fraction of sp³-hybridized carbons (Fsp3) is 0.471. The van der Waals surface area contributed by atoms with Crippen molar-refractivity contribution in [3.05, 3.63) is 41.7 Å². The summed E-state index contributed by atoms with van der Waals surface area (Å²) in [4.78, 5) is 11.8. The fourth-order valence-corrected chi connectivity index (χ4v) is 2.65. The second-order valence-electron chi connectivity index (χ2n) is 5.63. The van der Waals surface area contributed by atoms with Crippen LogP contribution in [0.1, 0.15) is 37.7 Å². The van der Waals surface area contributed by atoms with Gasteiger partial charge in [-0.05, 0) is 49.3 Å². The second-order valence-corrected chi connectivity index (χ2v) is 5.63. The number of aliphatic hydroxyl groups is 1. The summed E-state index contributed by atoms with van der Waals surface area (Å²) in [6, 6.07) is 6.40. The Bertz CT molecular complexity index is 476. The predicted molar refractivity (Wildman–Crippen MR) is 81.0 cm³/mol. The molecule has 0 radical (unpaired) electrons. The first-order valence-electron chi connectivity index (χ1n) is 7.49. The van der Waals surface area contributed by atoms with Crippen molar-refractivity contribution in [1.82, 2.24) is 5.32 Å². The number of halogens is 1. The lowest BCUT2D eigenvalue weighted by atomic mass is 9.86. The number of rotatable bonds is 5. The number of amides is 1. The van der Waals surface area contributed by atoms with Crippen molar-refractivity contribution < 1.29 is 14.3 Å². The van der Waals surface area contributed by atoms with E-state index in [9.17, 15) is 9.18 Å². The maximum absolute atomic E-state index is 12.7. The highest BCUT2D eigenvalue weighted by Gasteiger charge is 2.21. The maximum Gasteiger partial charge on any atom is 0.224 e. The lowest BCUT2D eigenvalue weighted by Crippen LogP contribution is -2.37. The van der Waals surface area contributed by atoms with E-state index in [0.717, 1.165) is 31.2 Å². The summed E-state index contributed by atoms with van der Waals surface area (Å²) < 4.78 is 12.7. The Balaban J connectivity index is 1.71. The van der Waals surface area contributed by atoms with Crippen molar-refractivity contribution in [3.8, 4) is 0 Å². The van der Waals surface area contributed by atoms with Crippen molar-refractivity contribution in [1.29, 1.82) is 0 Å². The summed E-state index contributed by atoms with van der Waals surface area (Å²) in [5.74, 6) is 0.153. The van der Waals surface area contributed by atoms with Crippen LogP contribution in [0.15, 0.2) is 30.3 Å². The molecule has 4 heteroatoms. The van der Waals surface area contributed by atoms with Gasteiger partial charge in [-0.3, -0.25) is 4.79 Å². The maximum atomic E-state index is 12.7. The standard InChI is InChI=1S/C17H22FNO2/c18-15-8-4-13(5-9-15)2-1-3-17(21)19-16-10-6-14(12-20)7-11-16/h1-2,4-5,8-9,14,16,20H,3,6-7,10-12H2,(H,19,21)/b2-1+. The lowest BCUT2D eigenvalue weighted by Gasteiger charge is -2.27. The van der Waals surface area contributed by atoms with Crippen LogP contribution in [0.4, 0.5) is 4.39 Å². The van der Waals surface area contributed by atoms with E-state index in [1.54, 1.807) is 18.2 Å². The van der Waals surface area contributed by atoms with Crippen molar-refractivity contribution in [2.45, 2.75) is 38.1 Å². The van der Waals surface area contributed by atoms with Crippen molar-refractivity contribution in [2.75, 3.05) is 6.61 Å². The van der Waals surface area contributed by atoms with Crippen LogP contribution in [0.2, 0.25) is 0 Å². The molecule has 0 aromatic heterocycles. The zero-order valence-electron chi connectivity index (χ0n) is 12.1. The van der Waals surface area contributed by atoms with Crippen LogP contribution in [0.3, 0.4) is 0 Å². The number of nitrogens with one attached hydrogen (secondary N) is 1. The summed E-state index contributed by atoms with van der Waals surface area (Å²) in [7, 11) is 0. The lowest BCUT2D eigenvalue weighted by molar-refractivity contribution is -0.121. The average Bonchev–Trinajstić information content (AvgIpc) is 2.50. The molecule has 1 fully saturated rings. The summed E-state index contributed by atoms with van der Waals surface area (Å²) in [6.07, 6.45) is 7.79. The molecule has 1 saturated carbocycles. The molecule has 1 amide bonds. The zero-order valence-corrected chi connectivity index (χ0v) is 12.1. The van der Waals surface area contributed by atoms with Crippen LogP contribution in [0, 0.1) is 11.7 Å². The third kappa shape index (κ3) is 5.31. The molecule has 1 aromatic carbocycles. The molecule has 1 aliphatic carbocycles. The van der Waals surface area contributed by atoms with Gasteiger partial charge in [0.15, 0.2) is 0 Å². The van der Waals surface area contributed by atoms with Gasteiger partial charge in [-0.15, -0.1) is 0 Å². The Kier molecular flexibility index (Phi) is 5.93. The number of benzene rings is 1. The molecule has 1 aliphatic rings. The van der Waals surface area contributed by atoms with Crippen LogP contribution in [-0.2, 0) is 4.79 Å². The number of carbonyl (C=O) groups is 1. The van der Waals surface area contributed by atoms with Gasteiger partial charge in [-0.2, -0.15) is 0 Å². The van der Waals surface area contributed by atoms with E-state index >= 15 is 0 Å². The largest absolute Gasteiger partial charge is 0.396 e. The minimum atomic E-state index is -0.261. The van der Waals surface area contributed by atoms with Crippen molar-refractivity contribution >= 4 is 12.0 Å². The zero-order chi connectivity index (χ0) is 15.1. The molecule has 0 spiro atoms. The molecule has 0 atom stereocenters. The average molecular weight is 291 g/mol. The normalized spacial score (nSPS) is 22.4. The molecule has 114 valence electrons. The highest BCUT2D eigenvalue weighted by molar-refractivity contribution is 5.78. The molecule has 0 heterocycles. The fourth-order valence-electron chi connectivity index (χ4n) is 2.65. The van der Waals surface area contributed by atoms with E-state index in [0.29, 0.717) is 12.3 Å². The summed E-state index contributed by atoms with van der Waals surface area (Å²) in [6.45, 7) is 0.251. The van der Waals surface area contributed by atoms with E-state index in [4.69, 9.17) is 5.11 Å². The Morgan fingerprint density at radius 3 is 2.52 bits per heavy atom. The first kappa shape index (κ1) is 15.7. The highest BCUT2D eigenvalue weighted by Crippen LogP contribution is 2.23. The molecule has 2 N–H and O–H groups in total. The van der Waals surface area contributed by atoms with Gasteiger partial charge in [0.2, 0.25) is 5.91 Å². The first-order valence-corrected chi connectivity index (χ1v) is 7.49. The van der Waals surface area contributed by atoms with Crippen LogP contribution in [-0.4, -0.2) is 23.7 Å². The smallest absolute Gasteiger partial charge is 0.224 e. The molecule has 0 bridgehead atoms. The monoisotopic (exact) mass is 291 g/mol. The van der Waals surface area contributed by atoms with Gasteiger partial charge in [-0.25, -0.2) is 4.39 Å². The van der Waals surface area contributed by atoms with E-state index in [1.165, 1.54) is 12.1 Å². The molecule has 1 aromatic rings. The van der Waals surface area contributed by atoms with Gasteiger partial charge < -0.3 is 10.4 Å². The summed E-state index contributed by atoms with van der Waals surface area (Å²) in [5.41, 5.74) is 0.882. The van der Waals surface area contributed by atoms with Crippen LogP contribution < -0.4 is 5.32 Å². The van der Waals surface area contributed by atoms with Crippen molar-refractivity contribution in [2.24, 2.45) is 5.92 Å². The Labute approximate surface area is 124 Å². The van der Waals surface area contributed by atoms with Crippen LogP contribution >= 0.6 is 0 Å². The predicted octanol–water partition coefficient (Wildman–Crippen LogP) is 2.90. The summed E-state index contributed by atoms with van der Waals surface area (Å²) >= 11 is 0. The highest BCUT2D eigenvalue weighted by atomic mass is 19.1. The van der Waals surface area contributed by atoms with Crippen LogP contribution in [0.5, 0.6) is 0 Å². The molecule has 3 nitrogen and oxygen atoms in total. The molecule has 21 heavy (non-hydrogen) atoms. The topological polar surface area (TPSA) is 49.3 Å². The molecular weight excluding hydrogens is 269 g/mol. The Morgan fingerprint density at radius 1 is 1.24 bits per heavy atom. The third-order valence-corrected chi connectivity index (χ3v) is 3.95. The minimum Gasteiger partial charge on any atom is -0.396 e.